The zero-order valence-electron chi connectivity index (χ0n) is 22.6. The summed E-state index contributed by atoms with van der Waals surface area (Å²) in [4.78, 5) is 23.3. The van der Waals surface area contributed by atoms with Gasteiger partial charge in [0.25, 0.3) is 0 Å². The van der Waals surface area contributed by atoms with Crippen molar-refractivity contribution < 1.29 is 23.8 Å². The predicted octanol–water partition coefficient (Wildman–Crippen LogP) is 3.83. The highest BCUT2D eigenvalue weighted by atomic mass is 19.1. The third-order valence-electron chi connectivity index (χ3n) is 6.06. The molecule has 0 saturated heterocycles. The van der Waals surface area contributed by atoms with E-state index in [1.807, 2.05) is 12.1 Å². The molecular weight excluding hydrogens is 517 g/mol. The first kappa shape index (κ1) is 28.7. The Morgan fingerprint density at radius 2 is 2.00 bits per heavy atom. The van der Waals surface area contributed by atoms with Gasteiger partial charge in [0, 0.05) is 36.4 Å². The van der Waals surface area contributed by atoms with Crippen molar-refractivity contribution in [2.75, 3.05) is 50.6 Å². The Morgan fingerprint density at radius 1 is 1.12 bits per heavy atom. The summed E-state index contributed by atoms with van der Waals surface area (Å²) in [7, 11) is 1.58. The van der Waals surface area contributed by atoms with E-state index in [9.17, 15) is 14.3 Å². The van der Waals surface area contributed by atoms with Gasteiger partial charge in [0.2, 0.25) is 5.91 Å². The number of halogens is 1. The van der Waals surface area contributed by atoms with Crippen LogP contribution in [0.4, 0.5) is 21.6 Å². The molecule has 4 rings (SSSR count). The van der Waals surface area contributed by atoms with Gasteiger partial charge in [-0.2, -0.15) is 5.10 Å². The van der Waals surface area contributed by atoms with E-state index in [2.05, 4.69) is 37.5 Å². The van der Waals surface area contributed by atoms with E-state index in [1.165, 1.54) is 29.2 Å². The van der Waals surface area contributed by atoms with Crippen LogP contribution in [-0.4, -0.2) is 75.6 Å². The van der Waals surface area contributed by atoms with Crippen LogP contribution in [0.5, 0.6) is 11.5 Å². The molecule has 0 bridgehead atoms. The number of nitrogens with one attached hydrogen (secondary N) is 2. The number of aliphatic hydroxyl groups is 1. The van der Waals surface area contributed by atoms with Crippen LogP contribution in [0.25, 0.3) is 10.9 Å². The minimum Gasteiger partial charge on any atom is -0.493 e. The van der Waals surface area contributed by atoms with Crippen molar-refractivity contribution in [2.45, 2.75) is 26.3 Å². The second-order valence-corrected chi connectivity index (χ2v) is 9.12. The van der Waals surface area contributed by atoms with Crippen LogP contribution < -0.4 is 20.1 Å². The molecule has 0 aliphatic rings. The lowest BCUT2D eigenvalue weighted by Gasteiger charge is -2.20. The molecule has 0 unspecified atom stereocenters. The molecule has 2 heterocycles. The quantitative estimate of drug-likeness (QED) is 0.189. The summed E-state index contributed by atoms with van der Waals surface area (Å²) in [6.07, 6.45) is 6.54. The van der Waals surface area contributed by atoms with Gasteiger partial charge in [0.05, 0.1) is 37.7 Å². The lowest BCUT2D eigenvalue weighted by atomic mass is 10.2. The number of fused-ring (bicyclic) bond motifs is 1. The Balaban J connectivity index is 1.40. The molecule has 0 radical (unpaired) electrons. The molecule has 3 N–H and O–H groups in total. The number of benzene rings is 2. The van der Waals surface area contributed by atoms with E-state index in [-0.39, 0.29) is 19.1 Å². The summed E-state index contributed by atoms with van der Waals surface area (Å²) in [5.74, 6) is 0.912. The Morgan fingerprint density at radius 3 is 2.77 bits per heavy atom. The van der Waals surface area contributed by atoms with Gasteiger partial charge in [0.1, 0.15) is 24.5 Å². The monoisotopic (exact) mass is 551 g/mol. The fourth-order valence-corrected chi connectivity index (χ4v) is 4.26. The van der Waals surface area contributed by atoms with Crippen molar-refractivity contribution in [2.24, 2.45) is 0 Å². The third kappa shape index (κ3) is 7.87. The molecule has 40 heavy (non-hydrogen) atoms. The van der Waals surface area contributed by atoms with E-state index in [0.29, 0.717) is 47.4 Å². The van der Waals surface area contributed by atoms with Gasteiger partial charge < -0.3 is 30.1 Å². The summed E-state index contributed by atoms with van der Waals surface area (Å²) in [5.41, 5.74) is 1.67. The predicted molar refractivity (Wildman–Crippen MR) is 151 cm³/mol. The normalized spacial score (nSPS) is 11.1. The van der Waals surface area contributed by atoms with E-state index >= 15 is 0 Å². The Kier molecular flexibility index (Phi) is 10.2. The topological polar surface area (TPSA) is 127 Å². The summed E-state index contributed by atoms with van der Waals surface area (Å²) >= 11 is 0. The number of aliphatic hydroxyl groups excluding tert-OH is 1. The maximum Gasteiger partial charge on any atom is 0.246 e. The zero-order valence-corrected chi connectivity index (χ0v) is 22.6. The van der Waals surface area contributed by atoms with Crippen LogP contribution in [-0.2, 0) is 11.3 Å². The Bertz CT molecular complexity index is 1410. The fourth-order valence-electron chi connectivity index (χ4n) is 4.26. The number of aromatic nitrogens is 4. The molecule has 12 heteroatoms. The number of carbonyl (C=O) groups excluding carboxylic acids is 1. The molecule has 0 fully saturated rings. The minimum atomic E-state index is -0.427. The maximum atomic E-state index is 13.4. The first-order chi connectivity index (χ1) is 19.5. The minimum absolute atomic E-state index is 0.0482. The van der Waals surface area contributed by atoms with E-state index in [1.54, 1.807) is 25.6 Å². The van der Waals surface area contributed by atoms with Gasteiger partial charge in [-0.15, -0.1) is 0 Å². The molecule has 1 amide bonds. The van der Waals surface area contributed by atoms with Crippen molar-refractivity contribution >= 4 is 34.0 Å². The van der Waals surface area contributed by atoms with Gasteiger partial charge in [-0.05, 0) is 43.7 Å². The number of hydrogen-bond acceptors (Lipinski definition) is 9. The molecule has 212 valence electrons. The van der Waals surface area contributed by atoms with Crippen LogP contribution in [0.2, 0.25) is 0 Å². The molecule has 2 aromatic carbocycles. The van der Waals surface area contributed by atoms with E-state index in [4.69, 9.17) is 9.47 Å². The molecule has 0 spiro atoms. The van der Waals surface area contributed by atoms with Crippen molar-refractivity contribution in [1.29, 1.82) is 0 Å². The fraction of sp³-hybridized carbons (Fsp3) is 0.357. The number of methoxy groups -OCH3 is 1. The number of hydrogen-bond donors (Lipinski definition) is 3. The van der Waals surface area contributed by atoms with Crippen molar-refractivity contribution in [3.8, 4) is 11.5 Å². The van der Waals surface area contributed by atoms with Crippen LogP contribution in [0.1, 0.15) is 19.8 Å². The molecule has 4 aromatic rings. The summed E-state index contributed by atoms with van der Waals surface area (Å²) < 4.78 is 26.4. The SMILES string of the molecule is CCCN(CCO)CCCOc1cc2ncnc(Nc3cnn(CC(=O)Nc4cccc(F)c4)c3)c2cc1OC. The van der Waals surface area contributed by atoms with Gasteiger partial charge in [-0.25, -0.2) is 14.4 Å². The van der Waals surface area contributed by atoms with Crippen molar-refractivity contribution in [3.05, 3.63) is 60.9 Å². The smallest absolute Gasteiger partial charge is 0.246 e. The first-order valence-corrected chi connectivity index (χ1v) is 13.1. The van der Waals surface area contributed by atoms with Gasteiger partial charge in [-0.3, -0.25) is 9.48 Å². The first-order valence-electron chi connectivity index (χ1n) is 13.1. The Labute approximate surface area is 231 Å². The average Bonchev–Trinajstić information content (AvgIpc) is 3.37. The summed E-state index contributed by atoms with van der Waals surface area (Å²) in [6.45, 7) is 5.13. The molecule has 0 saturated carbocycles. The molecule has 0 aliphatic carbocycles. The van der Waals surface area contributed by atoms with Gasteiger partial charge >= 0.3 is 0 Å². The van der Waals surface area contributed by atoms with Crippen LogP contribution in [0.15, 0.2) is 55.1 Å². The molecule has 0 atom stereocenters. The van der Waals surface area contributed by atoms with Gasteiger partial charge in [0.15, 0.2) is 11.5 Å². The highest BCUT2D eigenvalue weighted by molar-refractivity contribution is 5.93. The van der Waals surface area contributed by atoms with Crippen molar-refractivity contribution in [1.82, 2.24) is 24.6 Å². The van der Waals surface area contributed by atoms with Gasteiger partial charge in [-0.1, -0.05) is 13.0 Å². The Hall–Kier alpha value is -4.29. The molecular formula is C28H34FN7O4. The molecule has 0 aliphatic heterocycles. The van der Waals surface area contributed by atoms with Crippen LogP contribution in [0, 0.1) is 5.82 Å². The highest BCUT2D eigenvalue weighted by Crippen LogP contribution is 2.34. The van der Waals surface area contributed by atoms with E-state index in [0.717, 1.165) is 31.3 Å². The lowest BCUT2D eigenvalue weighted by Crippen LogP contribution is -2.29. The number of nitrogens with zero attached hydrogens (tertiary/aromatic N) is 5. The largest absolute Gasteiger partial charge is 0.493 e. The summed E-state index contributed by atoms with van der Waals surface area (Å²) in [5, 5.41) is 20.1. The standard InChI is InChI=1S/C28H34FN7O4/c1-3-8-35(10-11-37)9-5-12-40-26-15-24-23(14-25(26)39-2)28(31-19-30-24)34-22-16-32-36(17-22)18-27(38)33-21-7-4-6-20(29)13-21/h4,6-7,13-17,19,37H,3,5,8-12,18H2,1-2H3,(H,33,38)(H,30,31,34). The van der Waals surface area contributed by atoms with Crippen LogP contribution in [0.3, 0.4) is 0 Å². The maximum absolute atomic E-state index is 13.4. The number of ether oxygens (including phenoxy) is 2. The number of amides is 1. The average molecular weight is 552 g/mol. The van der Waals surface area contributed by atoms with Crippen molar-refractivity contribution in [3.63, 3.8) is 0 Å². The zero-order chi connectivity index (χ0) is 28.3. The third-order valence-corrected chi connectivity index (χ3v) is 6.06. The van der Waals surface area contributed by atoms with Crippen LogP contribution >= 0.6 is 0 Å². The lowest BCUT2D eigenvalue weighted by molar-refractivity contribution is -0.116. The number of anilines is 3. The molecule has 2 aromatic heterocycles. The molecule has 11 nitrogen and oxygen atoms in total. The number of carbonyl (C=O) groups is 1. The van der Waals surface area contributed by atoms with E-state index < -0.39 is 5.82 Å². The second-order valence-electron chi connectivity index (χ2n) is 9.12. The highest BCUT2D eigenvalue weighted by Gasteiger charge is 2.14. The summed E-state index contributed by atoms with van der Waals surface area (Å²) in [6, 6.07) is 9.34. The second kappa shape index (κ2) is 14.2. The number of rotatable bonds is 15.